The molecule has 1 aromatic heterocycles. The van der Waals surface area contributed by atoms with E-state index in [0.717, 1.165) is 5.69 Å². The number of aromatic nitrogens is 2. The highest BCUT2D eigenvalue weighted by Crippen LogP contribution is 2.22. The van der Waals surface area contributed by atoms with Gasteiger partial charge in [-0.1, -0.05) is 18.2 Å². The van der Waals surface area contributed by atoms with Gasteiger partial charge in [-0.2, -0.15) is 10.4 Å². The first-order chi connectivity index (χ1) is 12.5. The zero-order valence-corrected chi connectivity index (χ0v) is 14.5. The van der Waals surface area contributed by atoms with Crippen molar-refractivity contribution in [2.75, 3.05) is 5.32 Å². The molecule has 0 unspecified atom stereocenters. The molecule has 1 amide bonds. The number of benzene rings is 2. The average molecular weight is 348 g/mol. The van der Waals surface area contributed by atoms with Gasteiger partial charge < -0.3 is 5.32 Å². The second-order valence-electron chi connectivity index (χ2n) is 5.94. The SMILES string of the molecule is Cc1nn(Cc2ccccc2F)c(C)c1NC(=O)c1ccc(C#N)cc1. The summed E-state index contributed by atoms with van der Waals surface area (Å²) in [5.74, 6) is -0.575. The van der Waals surface area contributed by atoms with Crippen LogP contribution in [0.1, 0.15) is 32.9 Å². The highest BCUT2D eigenvalue weighted by Gasteiger charge is 2.16. The molecule has 0 atom stereocenters. The number of halogens is 1. The topological polar surface area (TPSA) is 70.7 Å². The minimum absolute atomic E-state index is 0.284. The molecule has 0 spiro atoms. The fourth-order valence-electron chi connectivity index (χ4n) is 2.70. The van der Waals surface area contributed by atoms with E-state index in [1.807, 2.05) is 13.0 Å². The fraction of sp³-hybridized carbons (Fsp3) is 0.150. The van der Waals surface area contributed by atoms with Gasteiger partial charge in [0.2, 0.25) is 0 Å². The molecule has 1 heterocycles. The summed E-state index contributed by atoms with van der Waals surface area (Å²) in [6, 6.07) is 14.9. The first-order valence-electron chi connectivity index (χ1n) is 8.08. The van der Waals surface area contributed by atoms with Crippen LogP contribution < -0.4 is 5.32 Å². The van der Waals surface area contributed by atoms with Gasteiger partial charge in [0.25, 0.3) is 5.91 Å². The van der Waals surface area contributed by atoms with Crippen LogP contribution in [0.25, 0.3) is 0 Å². The monoisotopic (exact) mass is 348 g/mol. The predicted molar refractivity (Wildman–Crippen MR) is 96.3 cm³/mol. The first-order valence-corrected chi connectivity index (χ1v) is 8.08. The van der Waals surface area contributed by atoms with Crippen LogP contribution in [0.5, 0.6) is 0 Å². The number of hydrogen-bond acceptors (Lipinski definition) is 3. The van der Waals surface area contributed by atoms with Crippen LogP contribution in [0, 0.1) is 31.0 Å². The quantitative estimate of drug-likeness (QED) is 0.779. The summed E-state index contributed by atoms with van der Waals surface area (Å²) < 4.78 is 15.5. The van der Waals surface area contributed by atoms with Crippen molar-refractivity contribution in [2.45, 2.75) is 20.4 Å². The van der Waals surface area contributed by atoms with E-state index in [9.17, 15) is 9.18 Å². The van der Waals surface area contributed by atoms with Crippen molar-refractivity contribution >= 4 is 11.6 Å². The summed E-state index contributed by atoms with van der Waals surface area (Å²) in [5.41, 5.74) is 3.48. The van der Waals surface area contributed by atoms with Crippen LogP contribution in [0.4, 0.5) is 10.1 Å². The van der Waals surface area contributed by atoms with Crippen LogP contribution in [0.2, 0.25) is 0 Å². The molecule has 5 nitrogen and oxygen atoms in total. The maximum atomic E-state index is 13.9. The molecule has 130 valence electrons. The van der Waals surface area contributed by atoms with Gasteiger partial charge >= 0.3 is 0 Å². The van der Waals surface area contributed by atoms with Crippen molar-refractivity contribution in [3.8, 4) is 6.07 Å². The van der Waals surface area contributed by atoms with Crippen molar-refractivity contribution in [2.24, 2.45) is 0 Å². The maximum absolute atomic E-state index is 13.9. The van der Waals surface area contributed by atoms with E-state index in [4.69, 9.17) is 5.26 Å². The summed E-state index contributed by atoms with van der Waals surface area (Å²) in [7, 11) is 0. The minimum Gasteiger partial charge on any atom is -0.319 e. The number of hydrogen-bond donors (Lipinski definition) is 1. The molecular weight excluding hydrogens is 331 g/mol. The largest absolute Gasteiger partial charge is 0.319 e. The Labute approximate surface area is 150 Å². The molecule has 0 bridgehead atoms. The normalized spacial score (nSPS) is 10.4. The van der Waals surface area contributed by atoms with E-state index in [1.54, 1.807) is 54.1 Å². The van der Waals surface area contributed by atoms with Crippen molar-refractivity contribution in [3.63, 3.8) is 0 Å². The van der Waals surface area contributed by atoms with E-state index < -0.39 is 0 Å². The number of carbonyl (C=O) groups excluding carboxylic acids is 1. The van der Waals surface area contributed by atoms with Gasteiger partial charge in [0.1, 0.15) is 5.82 Å². The average Bonchev–Trinajstić information content (AvgIpc) is 2.91. The van der Waals surface area contributed by atoms with Gasteiger partial charge in [-0.3, -0.25) is 9.48 Å². The lowest BCUT2D eigenvalue weighted by atomic mass is 10.1. The van der Waals surface area contributed by atoms with E-state index in [0.29, 0.717) is 28.1 Å². The Morgan fingerprint density at radius 3 is 2.54 bits per heavy atom. The molecule has 0 aliphatic carbocycles. The molecule has 0 saturated heterocycles. The minimum atomic E-state index is -0.289. The molecular formula is C20H17FN4O. The first kappa shape index (κ1) is 17.4. The van der Waals surface area contributed by atoms with Crippen LogP contribution >= 0.6 is 0 Å². The van der Waals surface area contributed by atoms with Crippen molar-refractivity contribution < 1.29 is 9.18 Å². The molecule has 6 heteroatoms. The fourth-order valence-corrected chi connectivity index (χ4v) is 2.70. The number of amides is 1. The lowest BCUT2D eigenvalue weighted by Gasteiger charge is -2.08. The molecule has 0 aliphatic rings. The number of nitriles is 1. The van der Waals surface area contributed by atoms with Gasteiger partial charge in [0.15, 0.2) is 0 Å². The number of anilines is 1. The van der Waals surface area contributed by atoms with Crippen LogP contribution in [0.3, 0.4) is 0 Å². The third-order valence-corrected chi connectivity index (χ3v) is 4.17. The van der Waals surface area contributed by atoms with Gasteiger partial charge in [0.05, 0.1) is 35.3 Å². The Bertz CT molecular complexity index is 1000. The molecule has 3 rings (SSSR count). The number of carbonyl (C=O) groups is 1. The Hall–Kier alpha value is -3.46. The van der Waals surface area contributed by atoms with E-state index in [2.05, 4.69) is 10.4 Å². The Kier molecular flexibility index (Phi) is 4.81. The predicted octanol–water partition coefficient (Wildman–Crippen LogP) is 3.81. The number of aryl methyl sites for hydroxylation is 1. The number of nitrogens with one attached hydrogen (secondary N) is 1. The van der Waals surface area contributed by atoms with Gasteiger partial charge in [-0.15, -0.1) is 0 Å². The Morgan fingerprint density at radius 2 is 1.88 bits per heavy atom. The molecule has 0 aliphatic heterocycles. The summed E-state index contributed by atoms with van der Waals surface area (Å²) in [6.07, 6.45) is 0. The highest BCUT2D eigenvalue weighted by atomic mass is 19.1. The molecule has 2 aromatic carbocycles. The Balaban J connectivity index is 1.82. The van der Waals surface area contributed by atoms with E-state index in [1.165, 1.54) is 6.07 Å². The summed E-state index contributed by atoms with van der Waals surface area (Å²) in [4.78, 5) is 12.4. The zero-order chi connectivity index (χ0) is 18.7. The highest BCUT2D eigenvalue weighted by molar-refractivity contribution is 6.04. The standard InChI is InChI=1S/C20H17FN4O/c1-13-19(23-20(26)16-9-7-15(11-22)8-10-16)14(2)25(24-13)12-17-5-3-4-6-18(17)21/h3-10H,12H2,1-2H3,(H,23,26). The number of rotatable bonds is 4. The smallest absolute Gasteiger partial charge is 0.255 e. The van der Waals surface area contributed by atoms with Crippen LogP contribution in [-0.4, -0.2) is 15.7 Å². The molecule has 1 N–H and O–H groups in total. The summed E-state index contributed by atoms with van der Waals surface area (Å²) >= 11 is 0. The van der Waals surface area contributed by atoms with Gasteiger partial charge in [0, 0.05) is 11.1 Å². The molecule has 3 aromatic rings. The second-order valence-corrected chi connectivity index (χ2v) is 5.94. The van der Waals surface area contributed by atoms with E-state index >= 15 is 0 Å². The lowest BCUT2D eigenvalue weighted by Crippen LogP contribution is -2.13. The third-order valence-electron chi connectivity index (χ3n) is 4.17. The maximum Gasteiger partial charge on any atom is 0.255 e. The zero-order valence-electron chi connectivity index (χ0n) is 14.5. The van der Waals surface area contributed by atoms with Crippen molar-refractivity contribution in [1.29, 1.82) is 5.26 Å². The lowest BCUT2D eigenvalue weighted by molar-refractivity contribution is 0.102. The third kappa shape index (κ3) is 3.47. The van der Waals surface area contributed by atoms with Crippen molar-refractivity contribution in [3.05, 3.63) is 82.4 Å². The summed E-state index contributed by atoms with van der Waals surface area (Å²) in [6.45, 7) is 3.90. The summed E-state index contributed by atoms with van der Waals surface area (Å²) in [5, 5.41) is 16.1. The van der Waals surface area contributed by atoms with Crippen LogP contribution in [-0.2, 0) is 6.54 Å². The molecule has 0 radical (unpaired) electrons. The van der Waals surface area contributed by atoms with Crippen molar-refractivity contribution in [1.82, 2.24) is 9.78 Å². The molecule has 0 fully saturated rings. The molecule has 0 saturated carbocycles. The Morgan fingerprint density at radius 1 is 1.19 bits per heavy atom. The second kappa shape index (κ2) is 7.19. The van der Waals surface area contributed by atoms with Gasteiger partial charge in [-0.25, -0.2) is 4.39 Å². The van der Waals surface area contributed by atoms with E-state index in [-0.39, 0.29) is 18.3 Å². The van der Waals surface area contributed by atoms with Crippen LogP contribution in [0.15, 0.2) is 48.5 Å². The van der Waals surface area contributed by atoms with Gasteiger partial charge in [-0.05, 0) is 44.2 Å². The molecule has 26 heavy (non-hydrogen) atoms. The number of nitrogens with zero attached hydrogens (tertiary/aromatic N) is 3.